The molecule has 0 radical (unpaired) electrons. The number of aliphatic hydroxyl groups is 1. The van der Waals surface area contributed by atoms with E-state index in [0.717, 1.165) is 11.0 Å². The van der Waals surface area contributed by atoms with Gasteiger partial charge >= 0.3 is 0 Å². The van der Waals surface area contributed by atoms with Gasteiger partial charge in [-0.2, -0.15) is 0 Å². The number of hydrogen-bond acceptors (Lipinski definition) is 5. The number of piperidine rings is 1. The number of likely N-dealkylation sites (tertiary alicyclic amines) is 1. The van der Waals surface area contributed by atoms with Crippen LogP contribution in [0.5, 0.6) is 5.75 Å². The van der Waals surface area contributed by atoms with Gasteiger partial charge in [-0.05, 0) is 25.8 Å². The molecule has 0 saturated carbocycles. The first kappa shape index (κ1) is 19.4. The molecule has 2 N–H and O–H groups in total. The van der Waals surface area contributed by atoms with Crippen LogP contribution in [0.15, 0.2) is 30.2 Å². The molecule has 25 heavy (non-hydrogen) atoms. The predicted octanol–water partition coefficient (Wildman–Crippen LogP) is 0.920. The lowest BCUT2D eigenvalue weighted by Crippen LogP contribution is -2.47. The minimum atomic E-state index is -3.45. The fourth-order valence-corrected chi connectivity index (χ4v) is 3.53. The molecule has 0 atom stereocenters. The molecule has 1 heterocycles. The van der Waals surface area contributed by atoms with E-state index in [1.54, 1.807) is 11.0 Å². The zero-order valence-corrected chi connectivity index (χ0v) is 15.1. The van der Waals surface area contributed by atoms with E-state index < -0.39 is 10.0 Å². The summed E-state index contributed by atoms with van der Waals surface area (Å²) in [6, 6.07) is 5.23. The number of ether oxygens (including phenoxy) is 1. The SMILES string of the molecule is C=CS(=O)(=O)NC1CCN(C(=O)COc2ccc(C)cc2CO)CC1. The molecule has 1 saturated heterocycles. The number of rotatable bonds is 7. The van der Waals surface area contributed by atoms with Gasteiger partial charge in [-0.15, -0.1) is 0 Å². The van der Waals surface area contributed by atoms with Crippen LogP contribution in [0.4, 0.5) is 0 Å². The number of nitrogens with one attached hydrogen (secondary N) is 1. The Kier molecular flexibility index (Phi) is 6.57. The number of carbonyl (C=O) groups is 1. The Morgan fingerprint density at radius 1 is 1.44 bits per heavy atom. The van der Waals surface area contributed by atoms with Gasteiger partial charge < -0.3 is 14.7 Å². The van der Waals surface area contributed by atoms with Gasteiger partial charge in [-0.1, -0.05) is 24.3 Å². The number of aliphatic hydroxyl groups excluding tert-OH is 1. The van der Waals surface area contributed by atoms with Crippen LogP contribution in [-0.4, -0.2) is 50.1 Å². The van der Waals surface area contributed by atoms with Gasteiger partial charge in [-0.3, -0.25) is 4.79 Å². The zero-order chi connectivity index (χ0) is 18.4. The molecule has 0 aliphatic carbocycles. The van der Waals surface area contributed by atoms with Crippen molar-refractivity contribution in [2.45, 2.75) is 32.4 Å². The molecule has 8 heteroatoms. The van der Waals surface area contributed by atoms with Crippen molar-refractivity contribution >= 4 is 15.9 Å². The molecule has 7 nitrogen and oxygen atoms in total. The van der Waals surface area contributed by atoms with Crippen molar-refractivity contribution < 1.29 is 23.1 Å². The van der Waals surface area contributed by atoms with Crippen molar-refractivity contribution in [2.24, 2.45) is 0 Å². The van der Waals surface area contributed by atoms with Gasteiger partial charge in [0, 0.05) is 30.1 Å². The van der Waals surface area contributed by atoms with Gasteiger partial charge in [0.2, 0.25) is 10.0 Å². The number of hydrogen-bond donors (Lipinski definition) is 2. The number of benzene rings is 1. The minimum Gasteiger partial charge on any atom is -0.483 e. The lowest BCUT2D eigenvalue weighted by atomic mass is 10.1. The van der Waals surface area contributed by atoms with Gasteiger partial charge in [0.25, 0.3) is 5.91 Å². The first-order valence-corrected chi connectivity index (χ1v) is 9.65. The summed E-state index contributed by atoms with van der Waals surface area (Å²) in [6.07, 6.45) is 1.09. The molecule has 0 bridgehead atoms. The van der Waals surface area contributed by atoms with Crippen molar-refractivity contribution in [3.63, 3.8) is 0 Å². The van der Waals surface area contributed by atoms with Crippen molar-refractivity contribution in [3.05, 3.63) is 41.3 Å². The van der Waals surface area contributed by atoms with Crippen LogP contribution in [0.2, 0.25) is 0 Å². The molecule has 1 amide bonds. The Balaban J connectivity index is 1.84. The van der Waals surface area contributed by atoms with Gasteiger partial charge in [0.05, 0.1) is 6.61 Å². The van der Waals surface area contributed by atoms with E-state index in [1.165, 1.54) is 0 Å². The molecular formula is C17H24N2O5S. The van der Waals surface area contributed by atoms with E-state index in [9.17, 15) is 18.3 Å². The smallest absolute Gasteiger partial charge is 0.260 e. The second-order valence-corrected chi connectivity index (χ2v) is 7.70. The number of aryl methyl sites for hydroxylation is 1. The van der Waals surface area contributed by atoms with E-state index in [1.807, 2.05) is 19.1 Å². The summed E-state index contributed by atoms with van der Waals surface area (Å²) in [4.78, 5) is 13.9. The Labute approximate surface area is 148 Å². The van der Waals surface area contributed by atoms with Crippen LogP contribution in [-0.2, 0) is 21.4 Å². The van der Waals surface area contributed by atoms with Crippen molar-refractivity contribution in [1.29, 1.82) is 0 Å². The third-order valence-electron chi connectivity index (χ3n) is 4.14. The standard InChI is InChI=1S/C17H24N2O5S/c1-3-25(22,23)18-15-6-8-19(9-7-15)17(21)12-24-16-5-4-13(2)10-14(16)11-20/h3-5,10,15,18,20H,1,6-9,11-12H2,2H3. The van der Waals surface area contributed by atoms with Crippen LogP contribution in [0.1, 0.15) is 24.0 Å². The van der Waals surface area contributed by atoms with E-state index in [-0.39, 0.29) is 25.2 Å². The summed E-state index contributed by atoms with van der Waals surface area (Å²) in [7, 11) is -3.45. The van der Waals surface area contributed by atoms with Crippen LogP contribution < -0.4 is 9.46 Å². The van der Waals surface area contributed by atoms with Gasteiger partial charge in [-0.25, -0.2) is 13.1 Å². The maximum Gasteiger partial charge on any atom is 0.260 e. The molecule has 1 aliphatic heterocycles. The fraction of sp³-hybridized carbons (Fsp3) is 0.471. The highest BCUT2D eigenvalue weighted by molar-refractivity contribution is 7.92. The van der Waals surface area contributed by atoms with Gasteiger partial charge in [0.1, 0.15) is 5.75 Å². The lowest BCUT2D eigenvalue weighted by Gasteiger charge is -2.32. The number of carbonyl (C=O) groups excluding carboxylic acids is 1. The molecular weight excluding hydrogens is 344 g/mol. The summed E-state index contributed by atoms with van der Waals surface area (Å²) >= 11 is 0. The van der Waals surface area contributed by atoms with Crippen LogP contribution >= 0.6 is 0 Å². The molecule has 138 valence electrons. The largest absolute Gasteiger partial charge is 0.483 e. The fourth-order valence-electron chi connectivity index (χ4n) is 2.73. The Bertz CT molecular complexity index is 725. The maximum absolute atomic E-state index is 12.3. The Hall–Kier alpha value is -1.90. The van der Waals surface area contributed by atoms with E-state index in [2.05, 4.69) is 11.3 Å². The molecule has 1 aliphatic rings. The normalized spacial score (nSPS) is 15.8. The summed E-state index contributed by atoms with van der Waals surface area (Å²) in [5.41, 5.74) is 1.65. The van der Waals surface area contributed by atoms with Crippen LogP contribution in [0, 0.1) is 6.92 Å². The first-order valence-electron chi connectivity index (χ1n) is 8.10. The topological polar surface area (TPSA) is 95.9 Å². The molecule has 0 unspecified atom stereocenters. The van der Waals surface area contributed by atoms with E-state index in [0.29, 0.717) is 37.2 Å². The molecule has 1 fully saturated rings. The molecule has 1 aromatic carbocycles. The lowest BCUT2D eigenvalue weighted by molar-refractivity contribution is -0.134. The average Bonchev–Trinajstić information content (AvgIpc) is 2.60. The highest BCUT2D eigenvalue weighted by Gasteiger charge is 2.25. The molecule has 0 spiro atoms. The van der Waals surface area contributed by atoms with Crippen LogP contribution in [0.25, 0.3) is 0 Å². The first-order chi connectivity index (χ1) is 11.8. The molecule has 1 aromatic rings. The molecule has 0 aromatic heterocycles. The van der Waals surface area contributed by atoms with Gasteiger partial charge in [0.15, 0.2) is 6.61 Å². The van der Waals surface area contributed by atoms with E-state index in [4.69, 9.17) is 4.74 Å². The quantitative estimate of drug-likeness (QED) is 0.746. The Morgan fingerprint density at radius 2 is 2.12 bits per heavy atom. The third-order valence-corrected chi connectivity index (χ3v) is 5.24. The number of nitrogens with zero attached hydrogens (tertiary/aromatic N) is 1. The maximum atomic E-state index is 12.3. The summed E-state index contributed by atoms with van der Waals surface area (Å²) < 4.78 is 31.0. The number of amides is 1. The summed E-state index contributed by atoms with van der Waals surface area (Å²) in [5.74, 6) is 0.338. The van der Waals surface area contributed by atoms with E-state index >= 15 is 0 Å². The minimum absolute atomic E-state index is 0.112. The highest BCUT2D eigenvalue weighted by Crippen LogP contribution is 2.20. The van der Waals surface area contributed by atoms with Crippen molar-refractivity contribution in [1.82, 2.24) is 9.62 Å². The summed E-state index contributed by atoms with van der Waals surface area (Å²) in [5, 5.41) is 10.2. The summed E-state index contributed by atoms with van der Waals surface area (Å²) in [6.45, 7) is 5.85. The zero-order valence-electron chi connectivity index (χ0n) is 14.3. The third kappa shape index (κ3) is 5.55. The van der Waals surface area contributed by atoms with Crippen molar-refractivity contribution in [2.75, 3.05) is 19.7 Å². The monoisotopic (exact) mass is 368 g/mol. The predicted molar refractivity (Wildman–Crippen MR) is 94.5 cm³/mol. The molecule has 2 rings (SSSR count). The highest BCUT2D eigenvalue weighted by atomic mass is 32.2. The Morgan fingerprint density at radius 3 is 2.72 bits per heavy atom. The second kappa shape index (κ2) is 8.46. The number of sulfonamides is 1. The average molecular weight is 368 g/mol. The van der Waals surface area contributed by atoms with Crippen molar-refractivity contribution in [3.8, 4) is 5.75 Å². The second-order valence-electron chi connectivity index (χ2n) is 6.04. The van der Waals surface area contributed by atoms with Crippen LogP contribution in [0.3, 0.4) is 0 Å².